The van der Waals surface area contributed by atoms with Gasteiger partial charge in [0.2, 0.25) is 5.96 Å². The Kier molecular flexibility index (Phi) is 6.02. The second kappa shape index (κ2) is 11.0. The zero-order valence-corrected chi connectivity index (χ0v) is 29.3. The fourth-order valence-electron chi connectivity index (χ4n) is 8.87. The molecule has 4 nitrogen and oxygen atoms in total. The second-order valence-corrected chi connectivity index (χ2v) is 15.2. The van der Waals surface area contributed by atoms with E-state index in [4.69, 9.17) is 9.98 Å². The summed E-state index contributed by atoms with van der Waals surface area (Å²) in [5.41, 5.74) is 8.12. The van der Waals surface area contributed by atoms with Gasteiger partial charge in [0.15, 0.2) is 0 Å². The van der Waals surface area contributed by atoms with E-state index in [1.54, 1.807) is 0 Å². The van der Waals surface area contributed by atoms with Gasteiger partial charge < -0.3 is 4.57 Å². The minimum absolute atomic E-state index is 0.0556. The molecular formula is C48H30N4S. The molecule has 12 rings (SSSR count). The third-order valence-corrected chi connectivity index (χ3v) is 12.4. The van der Waals surface area contributed by atoms with Crippen LogP contribution in [0.1, 0.15) is 11.6 Å². The Balaban J connectivity index is 1.12. The smallest absolute Gasteiger partial charge is 0.230 e. The first kappa shape index (κ1) is 29.1. The van der Waals surface area contributed by atoms with E-state index in [1.165, 1.54) is 74.8 Å². The Morgan fingerprint density at radius 2 is 1.30 bits per heavy atom. The van der Waals surface area contributed by atoms with Crippen LogP contribution in [-0.4, -0.2) is 20.8 Å². The molecule has 0 fully saturated rings. The van der Waals surface area contributed by atoms with Crippen LogP contribution in [-0.2, 0) is 0 Å². The molecule has 1 aliphatic heterocycles. The third kappa shape index (κ3) is 4.17. The Bertz CT molecular complexity index is 3300. The lowest BCUT2D eigenvalue weighted by Crippen LogP contribution is -2.28. The van der Waals surface area contributed by atoms with Gasteiger partial charge in [-0.2, -0.15) is 0 Å². The van der Waals surface area contributed by atoms with Crippen molar-refractivity contribution in [3.8, 4) is 5.69 Å². The lowest BCUT2D eigenvalue weighted by Gasteiger charge is -2.28. The summed E-state index contributed by atoms with van der Waals surface area (Å²) in [6.45, 7) is 0. The third-order valence-electron chi connectivity index (χ3n) is 11.3. The lowest BCUT2D eigenvalue weighted by molar-refractivity contribution is 0.636. The maximum Gasteiger partial charge on any atom is 0.230 e. The van der Waals surface area contributed by atoms with E-state index in [1.807, 2.05) is 11.3 Å². The Morgan fingerprint density at radius 1 is 0.528 bits per heavy atom. The van der Waals surface area contributed by atoms with Crippen molar-refractivity contribution in [1.29, 1.82) is 0 Å². The first-order valence-corrected chi connectivity index (χ1v) is 19.0. The molecule has 2 atom stereocenters. The fourth-order valence-corrected chi connectivity index (χ4v) is 10.1. The zero-order valence-electron chi connectivity index (χ0n) is 28.5. The Hall–Kier alpha value is -6.56. The first-order chi connectivity index (χ1) is 26.3. The SMILES string of the molecule is C1=CC2=NC(n3c4ccccc4c4c5sc6cc7c(cc6c5ccc43)c3ccccc3n7-c3ccc4ccccc4c3)=NC(c3ccccc3)C2C=C1. The van der Waals surface area contributed by atoms with Crippen LogP contribution in [0.15, 0.2) is 180 Å². The highest BCUT2D eigenvalue weighted by Crippen LogP contribution is 2.46. The highest BCUT2D eigenvalue weighted by molar-refractivity contribution is 7.26. The summed E-state index contributed by atoms with van der Waals surface area (Å²) in [4.78, 5) is 10.7. The molecule has 0 saturated carbocycles. The molecular weight excluding hydrogens is 665 g/mol. The molecule has 0 saturated heterocycles. The largest absolute Gasteiger partial charge is 0.309 e. The number of aliphatic imine (C=N–C) groups is 2. The number of thiophene rings is 1. The standard InChI is InChI=1S/C48H30N4S/c1-2-13-30(14-3-1)46-35-17-6-9-19-39(35)49-48(50-46)52-41-21-11-8-18-36(41)45-42(52)25-24-34-38-27-37-33-16-7-10-20-40(33)51(43(37)28-44(38)53-47(34)45)32-23-22-29-12-4-5-15-31(29)26-32/h1-28,35,46H. The van der Waals surface area contributed by atoms with E-state index in [0.717, 1.165) is 22.7 Å². The molecule has 2 unspecified atom stereocenters. The molecule has 4 heterocycles. The molecule has 53 heavy (non-hydrogen) atoms. The van der Waals surface area contributed by atoms with Gasteiger partial charge in [0.1, 0.15) is 0 Å². The molecule has 0 radical (unpaired) electrons. The summed E-state index contributed by atoms with van der Waals surface area (Å²) >= 11 is 1.89. The average molecular weight is 695 g/mol. The van der Waals surface area contributed by atoms with Gasteiger partial charge in [-0.25, -0.2) is 9.98 Å². The van der Waals surface area contributed by atoms with Gasteiger partial charge in [0.25, 0.3) is 0 Å². The summed E-state index contributed by atoms with van der Waals surface area (Å²) in [6, 6.07) is 53.0. The van der Waals surface area contributed by atoms with Gasteiger partial charge in [0, 0.05) is 53.3 Å². The van der Waals surface area contributed by atoms with Gasteiger partial charge >= 0.3 is 0 Å². The predicted octanol–water partition coefficient (Wildman–Crippen LogP) is 12.6. The molecule has 0 N–H and O–H groups in total. The van der Waals surface area contributed by atoms with E-state index in [-0.39, 0.29) is 12.0 Å². The number of benzene rings is 7. The molecule has 5 heteroatoms. The number of fused-ring (bicyclic) bond motifs is 12. The van der Waals surface area contributed by atoms with Crippen molar-refractivity contribution < 1.29 is 0 Å². The molecule has 2 aliphatic rings. The van der Waals surface area contributed by atoms with E-state index in [0.29, 0.717) is 0 Å². The fraction of sp³-hybridized carbons (Fsp3) is 0.0417. The van der Waals surface area contributed by atoms with Crippen LogP contribution in [0.3, 0.4) is 0 Å². The first-order valence-electron chi connectivity index (χ1n) is 18.2. The van der Waals surface area contributed by atoms with Crippen molar-refractivity contribution >= 4 is 97.6 Å². The van der Waals surface area contributed by atoms with E-state index in [2.05, 4.69) is 179 Å². The summed E-state index contributed by atoms with van der Waals surface area (Å²) in [5.74, 6) is 0.841. The number of para-hydroxylation sites is 2. The van der Waals surface area contributed by atoms with Crippen LogP contribution >= 0.6 is 11.3 Å². The molecule has 0 bridgehead atoms. The summed E-state index contributed by atoms with van der Waals surface area (Å²) in [5, 5.41) is 10.1. The predicted molar refractivity (Wildman–Crippen MR) is 225 cm³/mol. The maximum absolute atomic E-state index is 5.43. The Labute approximate surface area is 308 Å². The Morgan fingerprint density at radius 3 is 2.19 bits per heavy atom. The average Bonchev–Trinajstić information content (AvgIpc) is 3.87. The molecule has 248 valence electrons. The van der Waals surface area contributed by atoms with Crippen LogP contribution < -0.4 is 0 Å². The number of nitrogens with zero attached hydrogens (tertiary/aromatic N) is 4. The van der Waals surface area contributed by atoms with Gasteiger partial charge in [-0.3, -0.25) is 4.57 Å². The van der Waals surface area contributed by atoms with Crippen molar-refractivity contribution in [3.63, 3.8) is 0 Å². The van der Waals surface area contributed by atoms with E-state index < -0.39 is 0 Å². The molecule has 7 aromatic carbocycles. The van der Waals surface area contributed by atoms with Crippen LogP contribution in [0, 0.1) is 5.92 Å². The minimum Gasteiger partial charge on any atom is -0.309 e. The highest BCUT2D eigenvalue weighted by atomic mass is 32.1. The molecule has 1 aliphatic carbocycles. The molecule has 3 aromatic heterocycles. The normalized spacial score (nSPS) is 17.1. The number of aromatic nitrogens is 2. The molecule has 0 amide bonds. The van der Waals surface area contributed by atoms with Crippen LogP contribution in [0.2, 0.25) is 0 Å². The van der Waals surface area contributed by atoms with Gasteiger partial charge in [-0.05, 0) is 64.9 Å². The van der Waals surface area contributed by atoms with Gasteiger partial charge in [-0.1, -0.05) is 121 Å². The van der Waals surface area contributed by atoms with Crippen molar-refractivity contribution in [3.05, 3.63) is 175 Å². The van der Waals surface area contributed by atoms with Crippen molar-refractivity contribution in [1.82, 2.24) is 9.13 Å². The molecule has 0 spiro atoms. The minimum atomic E-state index is -0.0556. The van der Waals surface area contributed by atoms with Crippen molar-refractivity contribution in [2.75, 3.05) is 0 Å². The van der Waals surface area contributed by atoms with Gasteiger partial charge in [0.05, 0.1) is 33.8 Å². The summed E-state index contributed by atoms with van der Waals surface area (Å²) in [7, 11) is 0. The van der Waals surface area contributed by atoms with Crippen LogP contribution in [0.25, 0.3) is 80.2 Å². The summed E-state index contributed by atoms with van der Waals surface area (Å²) < 4.78 is 7.30. The lowest BCUT2D eigenvalue weighted by atomic mass is 9.86. The van der Waals surface area contributed by atoms with Crippen LogP contribution in [0.4, 0.5) is 0 Å². The molecule has 10 aromatic rings. The van der Waals surface area contributed by atoms with Crippen molar-refractivity contribution in [2.24, 2.45) is 15.9 Å². The number of hydrogen-bond acceptors (Lipinski definition) is 3. The van der Waals surface area contributed by atoms with Crippen LogP contribution in [0.5, 0.6) is 0 Å². The quantitative estimate of drug-likeness (QED) is 0.173. The maximum atomic E-state index is 5.43. The monoisotopic (exact) mass is 694 g/mol. The number of allylic oxidation sites excluding steroid dienone is 3. The number of rotatable bonds is 2. The zero-order chi connectivity index (χ0) is 34.6. The van der Waals surface area contributed by atoms with E-state index >= 15 is 0 Å². The summed E-state index contributed by atoms with van der Waals surface area (Å²) in [6.07, 6.45) is 8.59. The number of hydrogen-bond donors (Lipinski definition) is 0. The van der Waals surface area contributed by atoms with E-state index in [9.17, 15) is 0 Å². The second-order valence-electron chi connectivity index (χ2n) is 14.1. The van der Waals surface area contributed by atoms with Gasteiger partial charge in [-0.15, -0.1) is 11.3 Å². The van der Waals surface area contributed by atoms with Crippen molar-refractivity contribution in [2.45, 2.75) is 6.04 Å². The highest BCUT2D eigenvalue weighted by Gasteiger charge is 2.31. The topological polar surface area (TPSA) is 34.6 Å².